The van der Waals surface area contributed by atoms with Crippen LogP contribution in [-0.4, -0.2) is 19.9 Å². The lowest BCUT2D eigenvalue weighted by atomic mass is 10.2. The van der Waals surface area contributed by atoms with Gasteiger partial charge in [-0.1, -0.05) is 38.0 Å². The number of anilines is 2. The highest BCUT2D eigenvalue weighted by Gasteiger charge is 2.13. The molecule has 0 aliphatic rings. The molecule has 0 radical (unpaired) electrons. The van der Waals surface area contributed by atoms with Crippen LogP contribution in [0.1, 0.15) is 26.2 Å². The molecule has 118 valence electrons. The summed E-state index contributed by atoms with van der Waals surface area (Å²) in [6.07, 6.45) is 4.97. The monoisotopic (exact) mass is 319 g/mol. The van der Waals surface area contributed by atoms with Crippen molar-refractivity contribution in [3.05, 3.63) is 48.7 Å². The van der Waals surface area contributed by atoms with Crippen LogP contribution in [-0.2, 0) is 10.0 Å². The van der Waals surface area contributed by atoms with Crippen molar-refractivity contribution >= 4 is 21.5 Å². The molecule has 0 fully saturated rings. The van der Waals surface area contributed by atoms with Gasteiger partial charge in [0.25, 0.3) is 10.0 Å². The highest BCUT2D eigenvalue weighted by molar-refractivity contribution is 7.92. The van der Waals surface area contributed by atoms with Crippen LogP contribution in [0.3, 0.4) is 0 Å². The van der Waals surface area contributed by atoms with Crippen molar-refractivity contribution in [2.24, 2.45) is 0 Å². The molecule has 0 atom stereocenters. The lowest BCUT2D eigenvalue weighted by Crippen LogP contribution is -2.13. The first-order chi connectivity index (χ1) is 10.6. The maximum atomic E-state index is 12.2. The summed E-state index contributed by atoms with van der Waals surface area (Å²) < 4.78 is 26.9. The fourth-order valence-electron chi connectivity index (χ4n) is 1.96. The van der Waals surface area contributed by atoms with Crippen LogP contribution in [0.4, 0.5) is 11.5 Å². The van der Waals surface area contributed by atoms with E-state index in [2.05, 4.69) is 21.9 Å². The smallest absolute Gasteiger partial charge is 0.261 e. The Kier molecular flexibility index (Phi) is 5.77. The van der Waals surface area contributed by atoms with E-state index >= 15 is 0 Å². The third-order valence-corrected chi connectivity index (χ3v) is 4.55. The minimum Gasteiger partial charge on any atom is -0.370 e. The molecular weight excluding hydrogens is 298 g/mol. The van der Waals surface area contributed by atoms with Gasteiger partial charge in [0.1, 0.15) is 5.82 Å². The summed E-state index contributed by atoms with van der Waals surface area (Å²) in [6, 6.07) is 11.7. The van der Waals surface area contributed by atoms with Gasteiger partial charge in [-0.3, -0.25) is 4.72 Å². The number of pyridine rings is 1. The van der Waals surface area contributed by atoms with E-state index in [9.17, 15) is 8.42 Å². The van der Waals surface area contributed by atoms with Gasteiger partial charge >= 0.3 is 0 Å². The number of hydrogen-bond acceptors (Lipinski definition) is 4. The van der Waals surface area contributed by atoms with Crippen molar-refractivity contribution in [1.82, 2.24) is 4.98 Å². The molecule has 0 aliphatic heterocycles. The van der Waals surface area contributed by atoms with Crippen molar-refractivity contribution in [3.63, 3.8) is 0 Å². The summed E-state index contributed by atoms with van der Waals surface area (Å²) in [7, 11) is -3.56. The van der Waals surface area contributed by atoms with Crippen molar-refractivity contribution in [2.45, 2.75) is 31.1 Å². The Morgan fingerprint density at radius 2 is 1.82 bits per heavy atom. The van der Waals surface area contributed by atoms with Gasteiger partial charge in [0.15, 0.2) is 0 Å². The van der Waals surface area contributed by atoms with Crippen LogP contribution in [0.2, 0.25) is 0 Å². The minimum absolute atomic E-state index is 0.233. The van der Waals surface area contributed by atoms with Crippen molar-refractivity contribution in [1.29, 1.82) is 0 Å². The second kappa shape index (κ2) is 7.79. The molecule has 0 bridgehead atoms. The molecule has 0 amide bonds. The van der Waals surface area contributed by atoms with E-state index in [0.717, 1.165) is 18.8 Å². The van der Waals surface area contributed by atoms with Gasteiger partial charge in [-0.05, 0) is 30.7 Å². The predicted molar refractivity (Wildman–Crippen MR) is 89.5 cm³/mol. The van der Waals surface area contributed by atoms with E-state index in [1.807, 2.05) is 0 Å². The molecule has 0 saturated carbocycles. The summed E-state index contributed by atoms with van der Waals surface area (Å²) >= 11 is 0. The summed E-state index contributed by atoms with van der Waals surface area (Å²) in [5, 5.41) is 3.21. The highest BCUT2D eigenvalue weighted by Crippen LogP contribution is 2.16. The third kappa shape index (κ3) is 4.73. The second-order valence-electron chi connectivity index (χ2n) is 4.98. The number of benzene rings is 1. The van der Waals surface area contributed by atoms with Crippen molar-refractivity contribution in [2.75, 3.05) is 16.6 Å². The van der Waals surface area contributed by atoms with Crippen LogP contribution in [0, 0.1) is 0 Å². The minimum atomic E-state index is -3.56. The van der Waals surface area contributed by atoms with E-state index in [1.54, 1.807) is 42.5 Å². The molecule has 5 nitrogen and oxygen atoms in total. The van der Waals surface area contributed by atoms with Crippen LogP contribution in [0.5, 0.6) is 0 Å². The average molecular weight is 319 g/mol. The largest absolute Gasteiger partial charge is 0.370 e. The molecule has 6 heteroatoms. The molecule has 0 aliphatic carbocycles. The first kappa shape index (κ1) is 16.3. The van der Waals surface area contributed by atoms with E-state index in [4.69, 9.17) is 0 Å². The van der Waals surface area contributed by atoms with Crippen LogP contribution >= 0.6 is 0 Å². The van der Waals surface area contributed by atoms with Gasteiger partial charge in [-0.25, -0.2) is 13.4 Å². The standard InChI is InChI=1S/C16H21N3O2S/c1-2-3-7-12-17-16-11-10-14(13-18-16)19-22(20,21)15-8-5-4-6-9-15/h4-6,8-11,13,19H,2-3,7,12H2,1H3,(H,17,18). The Morgan fingerprint density at radius 1 is 1.05 bits per heavy atom. The molecule has 22 heavy (non-hydrogen) atoms. The van der Waals surface area contributed by atoms with Gasteiger partial charge in [-0.15, -0.1) is 0 Å². The third-order valence-electron chi connectivity index (χ3n) is 3.16. The zero-order valence-electron chi connectivity index (χ0n) is 12.6. The number of unbranched alkanes of at least 4 members (excludes halogenated alkanes) is 2. The quantitative estimate of drug-likeness (QED) is 0.731. The summed E-state index contributed by atoms with van der Waals surface area (Å²) in [5.74, 6) is 0.749. The molecule has 0 spiro atoms. The van der Waals surface area contributed by atoms with Gasteiger partial charge < -0.3 is 5.32 Å². The fourth-order valence-corrected chi connectivity index (χ4v) is 3.03. The molecule has 1 aromatic carbocycles. The van der Waals surface area contributed by atoms with Crippen LogP contribution in [0.15, 0.2) is 53.6 Å². The molecule has 2 rings (SSSR count). The number of rotatable bonds is 8. The number of nitrogens with zero attached hydrogens (tertiary/aromatic N) is 1. The predicted octanol–water partition coefficient (Wildman–Crippen LogP) is 3.48. The Morgan fingerprint density at radius 3 is 2.45 bits per heavy atom. The molecule has 0 saturated heterocycles. The van der Waals surface area contributed by atoms with Crippen molar-refractivity contribution in [3.8, 4) is 0 Å². The summed E-state index contributed by atoms with van der Waals surface area (Å²) in [6.45, 7) is 3.03. The van der Waals surface area contributed by atoms with Gasteiger partial charge in [-0.2, -0.15) is 0 Å². The Labute approximate surface area is 131 Å². The maximum absolute atomic E-state index is 12.2. The number of aromatic nitrogens is 1. The Hall–Kier alpha value is -2.08. The second-order valence-corrected chi connectivity index (χ2v) is 6.67. The zero-order valence-corrected chi connectivity index (χ0v) is 13.4. The topological polar surface area (TPSA) is 71.1 Å². The first-order valence-corrected chi connectivity index (χ1v) is 8.88. The molecule has 1 aromatic heterocycles. The normalized spacial score (nSPS) is 11.1. The highest BCUT2D eigenvalue weighted by atomic mass is 32.2. The molecule has 2 N–H and O–H groups in total. The lowest BCUT2D eigenvalue weighted by molar-refractivity contribution is 0.601. The molecule has 1 heterocycles. The fraction of sp³-hybridized carbons (Fsp3) is 0.312. The van der Waals surface area contributed by atoms with Gasteiger partial charge in [0.2, 0.25) is 0 Å². The summed E-state index contributed by atoms with van der Waals surface area (Å²) in [5.41, 5.74) is 0.447. The van der Waals surface area contributed by atoms with E-state index in [1.165, 1.54) is 19.0 Å². The van der Waals surface area contributed by atoms with E-state index in [0.29, 0.717) is 5.69 Å². The van der Waals surface area contributed by atoms with Crippen LogP contribution < -0.4 is 10.0 Å². The SMILES string of the molecule is CCCCCNc1ccc(NS(=O)(=O)c2ccccc2)cn1. The van der Waals surface area contributed by atoms with Crippen LogP contribution in [0.25, 0.3) is 0 Å². The maximum Gasteiger partial charge on any atom is 0.261 e. The zero-order chi connectivity index (χ0) is 15.8. The van der Waals surface area contributed by atoms with Crippen molar-refractivity contribution < 1.29 is 8.42 Å². The van der Waals surface area contributed by atoms with E-state index < -0.39 is 10.0 Å². The molecule has 0 unspecified atom stereocenters. The average Bonchev–Trinajstić information content (AvgIpc) is 2.54. The molecule has 2 aromatic rings. The van der Waals surface area contributed by atoms with Gasteiger partial charge in [0, 0.05) is 6.54 Å². The lowest BCUT2D eigenvalue weighted by Gasteiger charge is -2.09. The number of hydrogen-bond donors (Lipinski definition) is 2. The number of nitrogens with one attached hydrogen (secondary N) is 2. The summed E-state index contributed by atoms with van der Waals surface area (Å²) in [4.78, 5) is 4.45. The Bertz CT molecular complexity index is 670. The Balaban J connectivity index is 1.96. The first-order valence-electron chi connectivity index (χ1n) is 7.39. The van der Waals surface area contributed by atoms with Gasteiger partial charge in [0.05, 0.1) is 16.8 Å². The van der Waals surface area contributed by atoms with E-state index in [-0.39, 0.29) is 4.90 Å². The number of sulfonamides is 1. The molecular formula is C16H21N3O2S.